The number of rotatable bonds is 3. The average Bonchev–Trinajstić information content (AvgIpc) is 2.52. The Morgan fingerprint density at radius 3 is 1.83 bits per heavy atom. The summed E-state index contributed by atoms with van der Waals surface area (Å²) in [5, 5.41) is 0. The third kappa shape index (κ3) is 3.35. The van der Waals surface area contributed by atoms with Crippen molar-refractivity contribution in [2.45, 2.75) is 46.4 Å². The smallest absolute Gasteiger partial charge is 0.243 e. The Hall–Kier alpha value is -1.40. The molecule has 0 atom stereocenters. The zero-order valence-corrected chi connectivity index (χ0v) is 16.3. The molecule has 0 aliphatic carbocycles. The van der Waals surface area contributed by atoms with Gasteiger partial charge in [-0.1, -0.05) is 19.9 Å². The monoisotopic (exact) mass is 352 g/mol. The molecule has 1 amide bonds. The second-order valence-electron chi connectivity index (χ2n) is 6.97. The number of hydrogen-bond donors (Lipinski definition) is 0. The van der Waals surface area contributed by atoms with Crippen molar-refractivity contribution in [3.05, 3.63) is 28.3 Å². The Bertz CT molecular complexity index is 720. The number of amides is 1. The number of nitrogens with zero attached hydrogens (tertiary/aromatic N) is 2. The first-order valence-electron chi connectivity index (χ1n) is 8.43. The van der Waals surface area contributed by atoms with Gasteiger partial charge in [-0.15, -0.1) is 0 Å². The maximum absolute atomic E-state index is 13.2. The molecule has 1 aliphatic heterocycles. The van der Waals surface area contributed by atoms with Gasteiger partial charge in [0.1, 0.15) is 0 Å². The first-order chi connectivity index (χ1) is 11.1. The quantitative estimate of drug-likeness (QED) is 0.839. The van der Waals surface area contributed by atoms with Crippen molar-refractivity contribution in [1.82, 2.24) is 9.21 Å². The molecule has 1 fully saturated rings. The number of aryl methyl sites for hydroxylation is 2. The van der Waals surface area contributed by atoms with Gasteiger partial charge in [0.15, 0.2) is 0 Å². The van der Waals surface area contributed by atoms with Gasteiger partial charge < -0.3 is 4.90 Å². The van der Waals surface area contributed by atoms with Gasteiger partial charge in [0.25, 0.3) is 0 Å². The van der Waals surface area contributed by atoms with Crippen LogP contribution in [0.4, 0.5) is 0 Å². The van der Waals surface area contributed by atoms with Crippen LogP contribution in [-0.4, -0.2) is 49.7 Å². The van der Waals surface area contributed by atoms with Gasteiger partial charge in [-0.25, -0.2) is 8.42 Å². The van der Waals surface area contributed by atoms with Crippen LogP contribution in [0.3, 0.4) is 0 Å². The standard InChI is InChI=1S/C18H28N2O3S/c1-12(2)18(21)19-7-9-20(10-8-19)24(22,23)17-15(5)13(3)11-14(4)16(17)6/h11-12H,7-10H2,1-6H3. The predicted octanol–water partition coefficient (Wildman–Crippen LogP) is 2.41. The Labute approximate surface area is 145 Å². The van der Waals surface area contributed by atoms with Crippen LogP contribution >= 0.6 is 0 Å². The Morgan fingerprint density at radius 2 is 1.42 bits per heavy atom. The number of benzene rings is 1. The third-order valence-corrected chi connectivity index (χ3v) is 7.11. The van der Waals surface area contributed by atoms with E-state index in [-0.39, 0.29) is 11.8 Å². The molecule has 0 N–H and O–H groups in total. The van der Waals surface area contributed by atoms with E-state index in [9.17, 15) is 13.2 Å². The zero-order chi connectivity index (χ0) is 18.2. The molecule has 0 saturated carbocycles. The molecule has 2 rings (SSSR count). The first kappa shape index (κ1) is 18.9. The second-order valence-corrected chi connectivity index (χ2v) is 8.85. The van der Waals surface area contributed by atoms with Gasteiger partial charge in [-0.05, 0) is 49.9 Å². The summed E-state index contributed by atoms with van der Waals surface area (Å²) in [4.78, 5) is 14.3. The molecule has 1 saturated heterocycles. The van der Waals surface area contributed by atoms with Crippen molar-refractivity contribution in [3.8, 4) is 0 Å². The molecule has 0 radical (unpaired) electrons. The van der Waals surface area contributed by atoms with Crippen LogP contribution in [0.15, 0.2) is 11.0 Å². The lowest BCUT2D eigenvalue weighted by molar-refractivity contribution is -0.135. The molecule has 0 spiro atoms. The molecule has 1 aromatic rings. The number of sulfonamides is 1. The molecule has 0 bridgehead atoms. The van der Waals surface area contributed by atoms with E-state index >= 15 is 0 Å². The van der Waals surface area contributed by atoms with E-state index in [1.165, 1.54) is 4.31 Å². The summed E-state index contributed by atoms with van der Waals surface area (Å²) in [7, 11) is -3.54. The molecule has 0 unspecified atom stereocenters. The lowest BCUT2D eigenvalue weighted by Gasteiger charge is -2.35. The summed E-state index contributed by atoms with van der Waals surface area (Å²) >= 11 is 0. The normalized spacial score (nSPS) is 16.7. The molecule has 134 valence electrons. The predicted molar refractivity (Wildman–Crippen MR) is 95.6 cm³/mol. The van der Waals surface area contributed by atoms with Gasteiger partial charge in [-0.2, -0.15) is 4.31 Å². The van der Waals surface area contributed by atoms with Crippen LogP contribution in [0, 0.1) is 33.6 Å². The fraction of sp³-hybridized carbons (Fsp3) is 0.611. The van der Waals surface area contributed by atoms with Crippen molar-refractivity contribution >= 4 is 15.9 Å². The summed E-state index contributed by atoms with van der Waals surface area (Å²) in [6.07, 6.45) is 0. The molecule has 1 aromatic carbocycles. The maximum Gasteiger partial charge on any atom is 0.243 e. The van der Waals surface area contributed by atoms with Crippen molar-refractivity contribution in [2.75, 3.05) is 26.2 Å². The van der Waals surface area contributed by atoms with Gasteiger partial charge in [0.05, 0.1) is 4.90 Å². The minimum absolute atomic E-state index is 0.0583. The van der Waals surface area contributed by atoms with Crippen LogP contribution in [0.5, 0.6) is 0 Å². The largest absolute Gasteiger partial charge is 0.340 e. The highest BCUT2D eigenvalue weighted by Gasteiger charge is 2.33. The highest BCUT2D eigenvalue weighted by atomic mass is 32.2. The minimum atomic E-state index is -3.54. The molecule has 5 nitrogen and oxygen atoms in total. The van der Waals surface area contributed by atoms with Crippen molar-refractivity contribution in [2.24, 2.45) is 5.92 Å². The van der Waals surface area contributed by atoms with Gasteiger partial charge in [0, 0.05) is 32.1 Å². The van der Waals surface area contributed by atoms with E-state index in [1.54, 1.807) is 4.90 Å². The van der Waals surface area contributed by atoms with Crippen LogP contribution in [0.1, 0.15) is 36.1 Å². The fourth-order valence-corrected chi connectivity index (χ4v) is 5.21. The third-order valence-electron chi connectivity index (χ3n) is 4.94. The van der Waals surface area contributed by atoms with Crippen LogP contribution < -0.4 is 0 Å². The van der Waals surface area contributed by atoms with Crippen molar-refractivity contribution < 1.29 is 13.2 Å². The zero-order valence-electron chi connectivity index (χ0n) is 15.5. The summed E-state index contributed by atoms with van der Waals surface area (Å²) in [5.74, 6) is 0.0304. The SMILES string of the molecule is Cc1cc(C)c(C)c(S(=O)(=O)N2CCN(C(=O)C(C)C)CC2)c1C. The lowest BCUT2D eigenvalue weighted by Crippen LogP contribution is -2.51. The summed E-state index contributed by atoms with van der Waals surface area (Å²) in [6, 6.07) is 2.03. The van der Waals surface area contributed by atoms with E-state index in [4.69, 9.17) is 0 Å². The highest BCUT2D eigenvalue weighted by Crippen LogP contribution is 2.29. The van der Waals surface area contributed by atoms with Crippen molar-refractivity contribution in [1.29, 1.82) is 0 Å². The van der Waals surface area contributed by atoms with Crippen molar-refractivity contribution in [3.63, 3.8) is 0 Å². The minimum Gasteiger partial charge on any atom is -0.340 e. The molecule has 6 heteroatoms. The summed E-state index contributed by atoms with van der Waals surface area (Å²) in [6.45, 7) is 13.0. The number of carbonyl (C=O) groups is 1. The molecule has 1 aliphatic rings. The molecule has 1 heterocycles. The van der Waals surface area contributed by atoms with Crippen LogP contribution in [0.25, 0.3) is 0 Å². The lowest BCUT2D eigenvalue weighted by atomic mass is 10.0. The van der Waals surface area contributed by atoms with Crippen LogP contribution in [0.2, 0.25) is 0 Å². The Morgan fingerprint density at radius 1 is 0.958 bits per heavy atom. The Kier molecular flexibility index (Phi) is 5.40. The summed E-state index contributed by atoms with van der Waals surface area (Å²) < 4.78 is 27.9. The number of carbonyl (C=O) groups excluding carboxylic acids is 1. The first-order valence-corrected chi connectivity index (χ1v) is 9.87. The molecular formula is C18H28N2O3S. The number of piperazine rings is 1. The summed E-state index contributed by atoms with van der Waals surface area (Å²) in [5.41, 5.74) is 3.62. The second kappa shape index (κ2) is 6.84. The van der Waals surface area contributed by atoms with Crippen LogP contribution in [-0.2, 0) is 14.8 Å². The van der Waals surface area contributed by atoms with E-state index in [2.05, 4.69) is 0 Å². The van der Waals surface area contributed by atoms with E-state index in [1.807, 2.05) is 47.6 Å². The topological polar surface area (TPSA) is 57.7 Å². The molecule has 24 heavy (non-hydrogen) atoms. The van der Waals surface area contributed by atoms with Gasteiger partial charge in [-0.3, -0.25) is 4.79 Å². The fourth-order valence-electron chi connectivity index (χ4n) is 3.21. The Balaban J connectivity index is 2.30. The van der Waals surface area contributed by atoms with Gasteiger partial charge in [0.2, 0.25) is 15.9 Å². The molecule has 0 aromatic heterocycles. The number of hydrogen-bond acceptors (Lipinski definition) is 3. The van der Waals surface area contributed by atoms with E-state index in [0.717, 1.165) is 22.3 Å². The van der Waals surface area contributed by atoms with E-state index < -0.39 is 10.0 Å². The molecular weight excluding hydrogens is 324 g/mol. The van der Waals surface area contributed by atoms with Gasteiger partial charge >= 0.3 is 0 Å². The highest BCUT2D eigenvalue weighted by molar-refractivity contribution is 7.89. The average molecular weight is 353 g/mol. The van der Waals surface area contributed by atoms with E-state index in [0.29, 0.717) is 31.1 Å². The maximum atomic E-state index is 13.2.